The van der Waals surface area contributed by atoms with E-state index in [1.165, 1.54) is 12.1 Å². The summed E-state index contributed by atoms with van der Waals surface area (Å²) in [6.45, 7) is 4.29. The number of sulfonamides is 1. The Morgan fingerprint density at radius 3 is 2.62 bits per heavy atom. The van der Waals surface area contributed by atoms with Gasteiger partial charge in [0.1, 0.15) is 10.7 Å². The van der Waals surface area contributed by atoms with Crippen LogP contribution < -0.4 is 15.8 Å². The molecule has 6 nitrogen and oxygen atoms in total. The Labute approximate surface area is 124 Å². The van der Waals surface area contributed by atoms with Gasteiger partial charge in [-0.3, -0.25) is 4.79 Å². The van der Waals surface area contributed by atoms with Gasteiger partial charge in [0.2, 0.25) is 15.9 Å². The molecule has 0 saturated heterocycles. The van der Waals surface area contributed by atoms with Crippen LogP contribution in [0.3, 0.4) is 0 Å². The van der Waals surface area contributed by atoms with Crippen LogP contribution in [0.4, 0.5) is 10.1 Å². The van der Waals surface area contributed by atoms with E-state index in [0.717, 1.165) is 6.07 Å². The number of nitrogens with two attached hydrogens (primary N) is 1. The van der Waals surface area contributed by atoms with E-state index in [0.29, 0.717) is 12.5 Å². The molecule has 0 bridgehead atoms. The molecule has 1 aromatic carbocycles. The van der Waals surface area contributed by atoms with E-state index in [-0.39, 0.29) is 24.6 Å². The lowest BCUT2D eigenvalue weighted by molar-refractivity contribution is -0.121. The third-order valence-corrected chi connectivity index (χ3v) is 4.17. The summed E-state index contributed by atoms with van der Waals surface area (Å²) >= 11 is 0. The molecule has 8 heteroatoms. The van der Waals surface area contributed by atoms with Crippen molar-refractivity contribution in [1.82, 2.24) is 10.0 Å². The van der Waals surface area contributed by atoms with Crippen molar-refractivity contribution in [2.45, 2.75) is 25.2 Å². The van der Waals surface area contributed by atoms with Gasteiger partial charge in [-0.15, -0.1) is 0 Å². The summed E-state index contributed by atoms with van der Waals surface area (Å²) in [6, 6.07) is 3.64. The van der Waals surface area contributed by atoms with Gasteiger partial charge >= 0.3 is 0 Å². The number of nitrogens with one attached hydrogen (secondary N) is 2. The maximum atomic E-state index is 13.6. The quantitative estimate of drug-likeness (QED) is 0.649. The van der Waals surface area contributed by atoms with Crippen molar-refractivity contribution in [2.24, 2.45) is 5.92 Å². The van der Waals surface area contributed by atoms with Crippen LogP contribution in [0.1, 0.15) is 20.3 Å². The second kappa shape index (κ2) is 7.37. The molecule has 1 aromatic rings. The molecule has 0 atom stereocenters. The van der Waals surface area contributed by atoms with Crippen LogP contribution in [0.5, 0.6) is 0 Å². The number of amides is 1. The van der Waals surface area contributed by atoms with Crippen LogP contribution in [0.15, 0.2) is 23.1 Å². The molecule has 1 amide bonds. The molecule has 0 aliphatic heterocycles. The molecule has 0 heterocycles. The normalized spacial score (nSPS) is 11.6. The van der Waals surface area contributed by atoms with Gasteiger partial charge in [0, 0.05) is 19.5 Å². The van der Waals surface area contributed by atoms with Gasteiger partial charge in [-0.2, -0.15) is 0 Å². The average Bonchev–Trinajstić information content (AvgIpc) is 2.35. The molecule has 0 aliphatic carbocycles. The maximum absolute atomic E-state index is 13.6. The molecule has 4 N–H and O–H groups in total. The Kier molecular flexibility index (Phi) is 6.10. The third-order valence-electron chi connectivity index (χ3n) is 2.62. The molecule has 21 heavy (non-hydrogen) atoms. The van der Waals surface area contributed by atoms with Crippen LogP contribution in [-0.4, -0.2) is 27.4 Å². The van der Waals surface area contributed by atoms with Gasteiger partial charge in [0.15, 0.2) is 0 Å². The minimum absolute atomic E-state index is 0.0275. The molecule has 0 aromatic heterocycles. The third kappa shape index (κ3) is 5.31. The molecule has 0 unspecified atom stereocenters. The number of hydrogen-bond acceptors (Lipinski definition) is 4. The lowest BCUT2D eigenvalue weighted by Crippen LogP contribution is -2.33. The summed E-state index contributed by atoms with van der Waals surface area (Å²) in [5.41, 5.74) is 5.31. The zero-order valence-electron chi connectivity index (χ0n) is 12.0. The van der Waals surface area contributed by atoms with E-state index in [1.54, 1.807) is 0 Å². The van der Waals surface area contributed by atoms with Gasteiger partial charge < -0.3 is 11.1 Å². The van der Waals surface area contributed by atoms with E-state index >= 15 is 0 Å². The summed E-state index contributed by atoms with van der Waals surface area (Å²) in [4.78, 5) is 10.9. The number of anilines is 1. The summed E-state index contributed by atoms with van der Waals surface area (Å²) in [5, 5.41) is 2.66. The van der Waals surface area contributed by atoms with Crippen molar-refractivity contribution in [3.8, 4) is 0 Å². The molecule has 1 rings (SSSR count). The number of carbonyl (C=O) groups excluding carboxylic acids is 1. The standard InChI is InChI=1S/C13H20FN3O3S/c1-9(2)8-16-12(18)6-7-17-21(19,20)13-10(14)4-3-5-11(13)15/h3-5,9,17H,6-8,15H2,1-2H3,(H,16,18). The van der Waals surface area contributed by atoms with Crippen LogP contribution >= 0.6 is 0 Å². The Morgan fingerprint density at radius 2 is 2.05 bits per heavy atom. The van der Waals surface area contributed by atoms with Crippen LogP contribution in [0.2, 0.25) is 0 Å². The molecule has 0 aliphatic rings. The monoisotopic (exact) mass is 317 g/mol. The van der Waals surface area contributed by atoms with Gasteiger partial charge in [0.05, 0.1) is 5.69 Å². The molecule has 0 fully saturated rings. The van der Waals surface area contributed by atoms with Gasteiger partial charge in [-0.05, 0) is 18.1 Å². The zero-order valence-corrected chi connectivity index (χ0v) is 12.8. The van der Waals surface area contributed by atoms with E-state index < -0.39 is 20.7 Å². The van der Waals surface area contributed by atoms with Crippen LogP contribution in [0.25, 0.3) is 0 Å². The van der Waals surface area contributed by atoms with E-state index in [9.17, 15) is 17.6 Å². The zero-order chi connectivity index (χ0) is 16.0. The molecule has 118 valence electrons. The fourth-order valence-corrected chi connectivity index (χ4v) is 2.80. The maximum Gasteiger partial charge on any atom is 0.245 e. The van der Waals surface area contributed by atoms with Crippen molar-refractivity contribution in [3.63, 3.8) is 0 Å². The van der Waals surface area contributed by atoms with Gasteiger partial charge in [-0.25, -0.2) is 17.5 Å². The average molecular weight is 317 g/mol. The summed E-state index contributed by atoms with van der Waals surface area (Å²) < 4.78 is 39.6. The minimum Gasteiger partial charge on any atom is -0.398 e. The van der Waals surface area contributed by atoms with E-state index in [2.05, 4.69) is 10.0 Å². The molecule has 0 saturated carbocycles. The first-order chi connectivity index (χ1) is 9.74. The Bertz CT molecular complexity index is 582. The van der Waals surface area contributed by atoms with Crippen molar-refractivity contribution in [1.29, 1.82) is 0 Å². The SMILES string of the molecule is CC(C)CNC(=O)CCNS(=O)(=O)c1c(N)cccc1F. The van der Waals surface area contributed by atoms with Gasteiger partial charge in [0.25, 0.3) is 0 Å². The lowest BCUT2D eigenvalue weighted by atomic mass is 10.2. The predicted molar refractivity (Wildman–Crippen MR) is 78.5 cm³/mol. The van der Waals surface area contributed by atoms with Crippen molar-refractivity contribution in [2.75, 3.05) is 18.8 Å². The fourth-order valence-electron chi connectivity index (χ4n) is 1.59. The first-order valence-electron chi connectivity index (χ1n) is 6.54. The predicted octanol–water partition coefficient (Wildman–Crippen LogP) is 0.849. The topological polar surface area (TPSA) is 101 Å². The summed E-state index contributed by atoms with van der Waals surface area (Å²) in [6.07, 6.45) is -0.0275. The number of nitrogen functional groups attached to an aromatic ring is 1. The van der Waals surface area contributed by atoms with E-state index in [4.69, 9.17) is 5.73 Å². The lowest BCUT2D eigenvalue weighted by Gasteiger charge is -2.10. The Balaban J connectivity index is 2.60. The number of hydrogen-bond donors (Lipinski definition) is 3. The first kappa shape index (κ1) is 17.4. The highest BCUT2D eigenvalue weighted by Gasteiger charge is 2.21. The number of rotatable bonds is 7. The number of halogens is 1. The number of benzene rings is 1. The second-order valence-corrected chi connectivity index (χ2v) is 6.71. The molecular weight excluding hydrogens is 297 g/mol. The molecular formula is C13H20FN3O3S. The highest BCUT2D eigenvalue weighted by Crippen LogP contribution is 2.21. The largest absolute Gasteiger partial charge is 0.398 e. The fraction of sp³-hybridized carbons (Fsp3) is 0.462. The van der Waals surface area contributed by atoms with Crippen molar-refractivity contribution < 1.29 is 17.6 Å². The first-order valence-corrected chi connectivity index (χ1v) is 8.02. The van der Waals surface area contributed by atoms with Gasteiger partial charge in [-0.1, -0.05) is 19.9 Å². The molecule has 0 radical (unpaired) electrons. The smallest absolute Gasteiger partial charge is 0.245 e. The summed E-state index contributed by atoms with van der Waals surface area (Å²) in [5.74, 6) is -0.886. The van der Waals surface area contributed by atoms with Crippen molar-refractivity contribution >= 4 is 21.6 Å². The Morgan fingerprint density at radius 1 is 1.38 bits per heavy atom. The molecule has 0 spiro atoms. The minimum atomic E-state index is -4.08. The summed E-state index contributed by atoms with van der Waals surface area (Å²) in [7, 11) is -4.08. The second-order valence-electron chi connectivity index (χ2n) is 5.00. The highest BCUT2D eigenvalue weighted by atomic mass is 32.2. The van der Waals surface area contributed by atoms with Crippen LogP contribution in [-0.2, 0) is 14.8 Å². The van der Waals surface area contributed by atoms with Crippen molar-refractivity contribution in [3.05, 3.63) is 24.0 Å². The highest BCUT2D eigenvalue weighted by molar-refractivity contribution is 7.89. The van der Waals surface area contributed by atoms with E-state index in [1.807, 2.05) is 13.8 Å². The number of carbonyl (C=O) groups is 1. The Hall–Kier alpha value is -1.67. The van der Waals surface area contributed by atoms with Crippen LogP contribution in [0, 0.1) is 11.7 Å².